The zero-order chi connectivity index (χ0) is 37.4. The molecule has 0 saturated carbocycles. The van der Waals surface area contributed by atoms with E-state index in [-0.39, 0.29) is 10.8 Å². The lowest BCUT2D eigenvalue weighted by molar-refractivity contribution is 0.591. The van der Waals surface area contributed by atoms with Crippen molar-refractivity contribution >= 4 is 43.6 Å². The summed E-state index contributed by atoms with van der Waals surface area (Å²) in [5.74, 6) is 0. The molecule has 0 N–H and O–H groups in total. The maximum absolute atomic E-state index is 10.9. The number of hydrogen-bond acceptors (Lipinski definition) is 2. The molecule has 262 valence electrons. The standard InChI is InChI=1S/C50H42N4/c1-49(2,3)34-23-25-45-39(28-34)36-17-10-12-21-43(36)53(45)47-27-33(31-51)38(42-20-14-19-41(52-42)32-15-8-7-9-16-32)30-48(47)54-44-22-13-11-18-37(44)40-29-35(50(4,5)6)24-26-46(40)54/h7-30H,1-6H3. The molecule has 4 heteroatoms. The predicted molar refractivity (Wildman–Crippen MR) is 226 cm³/mol. The van der Waals surface area contributed by atoms with Crippen LogP contribution in [0, 0.1) is 11.3 Å². The van der Waals surface area contributed by atoms with Gasteiger partial charge in [-0.05, 0) is 82.6 Å². The fourth-order valence-electron chi connectivity index (χ4n) is 7.99. The van der Waals surface area contributed by atoms with Crippen molar-refractivity contribution in [3.8, 4) is 40.0 Å². The number of aromatic nitrogens is 3. The van der Waals surface area contributed by atoms with Crippen LogP contribution >= 0.6 is 0 Å². The Labute approximate surface area is 316 Å². The van der Waals surface area contributed by atoms with E-state index in [0.717, 1.165) is 56.0 Å². The molecular formula is C50H42N4. The molecule has 0 amide bonds. The lowest BCUT2D eigenvalue weighted by atomic mass is 9.86. The van der Waals surface area contributed by atoms with E-state index in [9.17, 15) is 5.26 Å². The van der Waals surface area contributed by atoms with Crippen LogP contribution in [0.2, 0.25) is 0 Å². The molecule has 0 saturated heterocycles. The molecule has 9 aromatic rings. The minimum absolute atomic E-state index is 0.00547. The molecule has 0 spiro atoms. The van der Waals surface area contributed by atoms with Gasteiger partial charge in [-0.1, -0.05) is 126 Å². The molecule has 0 aliphatic rings. The van der Waals surface area contributed by atoms with Crippen molar-refractivity contribution in [1.82, 2.24) is 14.1 Å². The molecule has 4 nitrogen and oxygen atoms in total. The Morgan fingerprint density at radius 2 is 0.944 bits per heavy atom. The molecule has 3 heterocycles. The normalized spacial score (nSPS) is 12.2. The van der Waals surface area contributed by atoms with Gasteiger partial charge in [0.25, 0.3) is 0 Å². The third kappa shape index (κ3) is 5.39. The van der Waals surface area contributed by atoms with Crippen molar-refractivity contribution in [2.24, 2.45) is 0 Å². The monoisotopic (exact) mass is 698 g/mol. The Morgan fingerprint density at radius 3 is 1.48 bits per heavy atom. The van der Waals surface area contributed by atoms with Gasteiger partial charge in [0.1, 0.15) is 0 Å². The van der Waals surface area contributed by atoms with Gasteiger partial charge in [0.2, 0.25) is 0 Å². The van der Waals surface area contributed by atoms with Gasteiger partial charge >= 0.3 is 0 Å². The maximum Gasteiger partial charge on any atom is 0.0999 e. The highest BCUT2D eigenvalue weighted by molar-refractivity contribution is 6.12. The molecule has 54 heavy (non-hydrogen) atoms. The highest BCUT2D eigenvalue weighted by atomic mass is 15.1. The summed E-state index contributed by atoms with van der Waals surface area (Å²) >= 11 is 0. The minimum Gasteiger partial charge on any atom is -0.307 e. The minimum atomic E-state index is -0.00561. The first-order valence-corrected chi connectivity index (χ1v) is 18.7. The van der Waals surface area contributed by atoms with Gasteiger partial charge in [-0.3, -0.25) is 0 Å². The first-order valence-electron chi connectivity index (χ1n) is 18.7. The summed E-state index contributed by atoms with van der Waals surface area (Å²) in [5.41, 5.74) is 12.9. The van der Waals surface area contributed by atoms with Crippen LogP contribution in [0.1, 0.15) is 58.2 Å². The van der Waals surface area contributed by atoms with Crippen LogP contribution in [0.4, 0.5) is 0 Å². The summed E-state index contributed by atoms with van der Waals surface area (Å²) in [6, 6.07) is 54.2. The van der Waals surface area contributed by atoms with Gasteiger partial charge in [0.05, 0.1) is 56.5 Å². The highest BCUT2D eigenvalue weighted by Gasteiger charge is 2.25. The lowest BCUT2D eigenvalue weighted by Crippen LogP contribution is -2.11. The van der Waals surface area contributed by atoms with Crippen LogP contribution < -0.4 is 0 Å². The molecule has 6 aromatic carbocycles. The molecule has 0 atom stereocenters. The molecule has 0 fully saturated rings. The van der Waals surface area contributed by atoms with Crippen molar-refractivity contribution in [2.45, 2.75) is 52.4 Å². The number of rotatable bonds is 4. The maximum atomic E-state index is 10.9. The van der Waals surface area contributed by atoms with Crippen molar-refractivity contribution in [1.29, 1.82) is 5.26 Å². The molecule has 0 radical (unpaired) electrons. The molecule has 0 aliphatic heterocycles. The van der Waals surface area contributed by atoms with Gasteiger partial charge in [-0.25, -0.2) is 4.98 Å². The molecule has 0 unspecified atom stereocenters. The number of pyridine rings is 1. The molecule has 3 aromatic heterocycles. The van der Waals surface area contributed by atoms with Crippen LogP contribution in [0.25, 0.3) is 77.5 Å². The van der Waals surface area contributed by atoms with E-state index in [1.54, 1.807) is 0 Å². The van der Waals surface area contributed by atoms with Gasteiger partial charge in [-0.15, -0.1) is 0 Å². The van der Waals surface area contributed by atoms with E-state index in [1.165, 1.54) is 32.7 Å². The van der Waals surface area contributed by atoms with E-state index in [1.807, 2.05) is 36.4 Å². The summed E-state index contributed by atoms with van der Waals surface area (Å²) in [7, 11) is 0. The third-order valence-electron chi connectivity index (χ3n) is 10.9. The first kappa shape index (κ1) is 33.4. The fourth-order valence-corrected chi connectivity index (χ4v) is 7.99. The number of para-hydroxylation sites is 2. The van der Waals surface area contributed by atoms with E-state index in [2.05, 4.69) is 166 Å². The highest BCUT2D eigenvalue weighted by Crippen LogP contribution is 2.42. The average Bonchev–Trinajstić information content (AvgIpc) is 3.69. The van der Waals surface area contributed by atoms with Crippen LogP contribution in [0.15, 0.2) is 146 Å². The number of nitrogens with zero attached hydrogens (tertiary/aromatic N) is 4. The Bertz CT molecular complexity index is 2960. The van der Waals surface area contributed by atoms with Crippen LogP contribution in [-0.4, -0.2) is 14.1 Å². The predicted octanol–water partition coefficient (Wildman–Crippen LogP) is 13.1. The van der Waals surface area contributed by atoms with Gasteiger partial charge in [-0.2, -0.15) is 5.26 Å². The van der Waals surface area contributed by atoms with Crippen LogP contribution in [0.5, 0.6) is 0 Å². The SMILES string of the molecule is CC(C)(C)c1ccc2c(c1)c1ccccc1n2-c1cc(C#N)c(-c2cccc(-c3ccccc3)n2)cc1-n1c2ccccc2c2cc(C(C)(C)C)ccc21. The second-order valence-electron chi connectivity index (χ2n) is 16.4. The summed E-state index contributed by atoms with van der Waals surface area (Å²) in [6.45, 7) is 13.6. The number of hydrogen-bond donors (Lipinski definition) is 0. The van der Waals surface area contributed by atoms with Gasteiger partial charge < -0.3 is 9.13 Å². The summed E-state index contributed by atoms with van der Waals surface area (Å²) in [4.78, 5) is 5.17. The largest absolute Gasteiger partial charge is 0.307 e. The Hall–Kier alpha value is -6.44. The van der Waals surface area contributed by atoms with Crippen molar-refractivity contribution < 1.29 is 0 Å². The van der Waals surface area contributed by atoms with Gasteiger partial charge in [0.15, 0.2) is 0 Å². The van der Waals surface area contributed by atoms with E-state index in [0.29, 0.717) is 5.56 Å². The second-order valence-corrected chi connectivity index (χ2v) is 16.4. The van der Waals surface area contributed by atoms with E-state index < -0.39 is 0 Å². The van der Waals surface area contributed by atoms with Crippen molar-refractivity contribution in [3.05, 3.63) is 162 Å². The second kappa shape index (κ2) is 12.3. The molecule has 0 aliphatic carbocycles. The Kier molecular flexibility index (Phi) is 7.62. The molecule has 9 rings (SSSR count). The third-order valence-corrected chi connectivity index (χ3v) is 10.9. The lowest BCUT2D eigenvalue weighted by Gasteiger charge is -2.21. The zero-order valence-electron chi connectivity index (χ0n) is 31.6. The molecular weight excluding hydrogens is 657 g/mol. The average molecular weight is 699 g/mol. The summed E-state index contributed by atoms with van der Waals surface area (Å²) < 4.78 is 4.75. The Morgan fingerprint density at radius 1 is 0.463 bits per heavy atom. The summed E-state index contributed by atoms with van der Waals surface area (Å²) in [5, 5.41) is 15.7. The van der Waals surface area contributed by atoms with Crippen molar-refractivity contribution in [3.63, 3.8) is 0 Å². The van der Waals surface area contributed by atoms with Gasteiger partial charge in [0, 0.05) is 32.7 Å². The van der Waals surface area contributed by atoms with E-state index >= 15 is 0 Å². The quantitative estimate of drug-likeness (QED) is 0.184. The molecule has 0 bridgehead atoms. The van der Waals surface area contributed by atoms with Crippen LogP contribution in [-0.2, 0) is 10.8 Å². The first-order chi connectivity index (χ1) is 26.0. The number of fused-ring (bicyclic) bond motifs is 6. The van der Waals surface area contributed by atoms with E-state index in [4.69, 9.17) is 4.98 Å². The fraction of sp³-hybridized carbons (Fsp3) is 0.160. The topological polar surface area (TPSA) is 46.5 Å². The number of nitriles is 1. The zero-order valence-corrected chi connectivity index (χ0v) is 31.6. The number of benzene rings is 6. The summed E-state index contributed by atoms with van der Waals surface area (Å²) in [6.07, 6.45) is 0. The Balaban J connectivity index is 1.42. The van der Waals surface area contributed by atoms with Crippen molar-refractivity contribution in [2.75, 3.05) is 0 Å². The smallest absolute Gasteiger partial charge is 0.0999 e. The van der Waals surface area contributed by atoms with Crippen LogP contribution in [0.3, 0.4) is 0 Å².